The van der Waals surface area contributed by atoms with Crippen LogP contribution in [-0.2, 0) is 0 Å². The number of aryl methyl sites for hydroxylation is 1. The molecule has 0 radical (unpaired) electrons. The lowest BCUT2D eigenvalue weighted by molar-refractivity contribution is 0.174. The maximum atomic E-state index is 5.43. The molecule has 1 aliphatic rings. The number of pyridine rings is 1. The van der Waals surface area contributed by atoms with Gasteiger partial charge in [0.1, 0.15) is 5.69 Å². The number of hydrogen-bond donors (Lipinski definition) is 1. The van der Waals surface area contributed by atoms with Gasteiger partial charge in [0.05, 0.1) is 17.4 Å². The third-order valence-corrected chi connectivity index (χ3v) is 4.90. The molecule has 0 spiro atoms. The molecule has 5 rings (SSSR count). The first-order chi connectivity index (χ1) is 15.2. The highest BCUT2D eigenvalue weighted by molar-refractivity contribution is 6.00. The standard InChI is InChI=1S/C25H20N4O2/c1-17-6-10-20(11-7-17)27-25(22-12-9-19-4-2-3-5-21(19)28-22)29-26-15-18-8-13-23-24(14-18)31-16-30-23/h2-15H,16H2,1H3,(H,27,29)/b26-15-. The maximum absolute atomic E-state index is 5.43. The van der Waals surface area contributed by atoms with Crippen LogP contribution in [0.2, 0.25) is 0 Å². The summed E-state index contributed by atoms with van der Waals surface area (Å²) in [6.07, 6.45) is 1.72. The van der Waals surface area contributed by atoms with Crippen molar-refractivity contribution in [1.82, 2.24) is 10.4 Å². The molecule has 0 amide bonds. The first-order valence-electron chi connectivity index (χ1n) is 9.95. The molecule has 6 nitrogen and oxygen atoms in total. The molecule has 6 heteroatoms. The molecule has 1 aromatic heterocycles. The van der Waals surface area contributed by atoms with E-state index in [9.17, 15) is 0 Å². The van der Waals surface area contributed by atoms with Gasteiger partial charge in [0.25, 0.3) is 0 Å². The van der Waals surface area contributed by atoms with Crippen LogP contribution in [-0.4, -0.2) is 23.8 Å². The number of hydrazone groups is 1. The molecule has 3 aromatic carbocycles. The number of ether oxygens (including phenoxy) is 2. The van der Waals surface area contributed by atoms with E-state index in [-0.39, 0.29) is 6.79 Å². The smallest absolute Gasteiger partial charge is 0.231 e. The normalized spacial score (nSPS) is 13.1. The Morgan fingerprint density at radius 3 is 2.68 bits per heavy atom. The van der Waals surface area contributed by atoms with Gasteiger partial charge < -0.3 is 9.47 Å². The lowest BCUT2D eigenvalue weighted by Crippen LogP contribution is -2.20. The Morgan fingerprint density at radius 2 is 1.77 bits per heavy atom. The number of benzene rings is 3. The third kappa shape index (κ3) is 4.23. The van der Waals surface area contributed by atoms with Crippen molar-refractivity contribution in [2.24, 2.45) is 10.1 Å². The van der Waals surface area contributed by atoms with E-state index in [4.69, 9.17) is 19.5 Å². The second-order valence-electron chi connectivity index (χ2n) is 7.17. The van der Waals surface area contributed by atoms with E-state index in [0.717, 1.165) is 27.9 Å². The van der Waals surface area contributed by atoms with Crippen molar-refractivity contribution in [3.63, 3.8) is 0 Å². The zero-order valence-electron chi connectivity index (χ0n) is 16.9. The highest BCUT2D eigenvalue weighted by Crippen LogP contribution is 2.32. The van der Waals surface area contributed by atoms with Crippen molar-refractivity contribution >= 4 is 28.6 Å². The molecule has 4 aromatic rings. The zero-order chi connectivity index (χ0) is 21.0. The third-order valence-electron chi connectivity index (χ3n) is 4.90. The number of rotatable bonds is 4. The van der Waals surface area contributed by atoms with E-state index in [1.54, 1.807) is 6.21 Å². The minimum Gasteiger partial charge on any atom is -0.454 e. The van der Waals surface area contributed by atoms with E-state index < -0.39 is 0 Å². The second-order valence-corrected chi connectivity index (χ2v) is 7.17. The van der Waals surface area contributed by atoms with Crippen molar-refractivity contribution < 1.29 is 9.47 Å². The van der Waals surface area contributed by atoms with Crippen LogP contribution in [0.4, 0.5) is 5.69 Å². The molecule has 0 unspecified atom stereocenters. The summed E-state index contributed by atoms with van der Waals surface area (Å²) in [4.78, 5) is 9.51. The van der Waals surface area contributed by atoms with Crippen LogP contribution in [0.5, 0.6) is 11.5 Å². The molecule has 0 saturated carbocycles. The minimum atomic E-state index is 0.245. The predicted molar refractivity (Wildman–Crippen MR) is 122 cm³/mol. The van der Waals surface area contributed by atoms with E-state index >= 15 is 0 Å². The van der Waals surface area contributed by atoms with Crippen LogP contribution >= 0.6 is 0 Å². The van der Waals surface area contributed by atoms with Crippen LogP contribution in [0.1, 0.15) is 16.8 Å². The van der Waals surface area contributed by atoms with E-state index in [2.05, 4.69) is 10.5 Å². The minimum absolute atomic E-state index is 0.245. The number of aliphatic imine (C=N–C) groups is 1. The highest BCUT2D eigenvalue weighted by atomic mass is 16.7. The topological polar surface area (TPSA) is 68.1 Å². The van der Waals surface area contributed by atoms with Crippen molar-refractivity contribution in [2.45, 2.75) is 6.92 Å². The molecule has 0 fully saturated rings. The van der Waals surface area contributed by atoms with E-state index in [1.165, 1.54) is 5.56 Å². The fourth-order valence-corrected chi connectivity index (χ4v) is 3.25. The summed E-state index contributed by atoms with van der Waals surface area (Å²) in [6.45, 7) is 2.29. The average Bonchev–Trinajstić information content (AvgIpc) is 3.27. The highest BCUT2D eigenvalue weighted by Gasteiger charge is 2.12. The number of nitrogens with zero attached hydrogens (tertiary/aromatic N) is 3. The van der Waals surface area contributed by atoms with Gasteiger partial charge in [-0.05, 0) is 55.0 Å². The summed E-state index contributed by atoms with van der Waals surface area (Å²) >= 11 is 0. The molecule has 31 heavy (non-hydrogen) atoms. The number of fused-ring (bicyclic) bond motifs is 2. The van der Waals surface area contributed by atoms with Gasteiger partial charge in [0.2, 0.25) is 6.79 Å². The van der Waals surface area contributed by atoms with Crippen LogP contribution in [0.25, 0.3) is 10.9 Å². The summed E-state index contributed by atoms with van der Waals surface area (Å²) in [5, 5.41) is 5.47. The monoisotopic (exact) mass is 408 g/mol. The van der Waals surface area contributed by atoms with Gasteiger partial charge in [-0.15, -0.1) is 0 Å². The molecule has 0 bridgehead atoms. The number of para-hydroxylation sites is 1. The van der Waals surface area contributed by atoms with Gasteiger partial charge in [-0.3, -0.25) is 5.43 Å². The number of amidine groups is 1. The quantitative estimate of drug-likeness (QED) is 0.294. The molecular formula is C25H20N4O2. The molecule has 152 valence electrons. The Kier molecular flexibility index (Phi) is 5.02. The summed E-state index contributed by atoms with van der Waals surface area (Å²) < 4.78 is 10.8. The Bertz CT molecular complexity index is 1300. The molecule has 1 N–H and O–H groups in total. The van der Waals surface area contributed by atoms with Crippen LogP contribution in [0.3, 0.4) is 0 Å². The van der Waals surface area contributed by atoms with Crippen LogP contribution < -0.4 is 14.9 Å². The molecule has 1 aliphatic heterocycles. The van der Waals surface area contributed by atoms with Gasteiger partial charge in [0.15, 0.2) is 17.3 Å². The maximum Gasteiger partial charge on any atom is 0.231 e. The SMILES string of the molecule is Cc1ccc(N=C(N/N=C\c2ccc3c(c2)OCO3)c2ccc3ccccc3n2)cc1. The van der Waals surface area contributed by atoms with E-state index in [0.29, 0.717) is 17.3 Å². The number of nitrogens with one attached hydrogen (secondary N) is 1. The largest absolute Gasteiger partial charge is 0.454 e. The summed E-state index contributed by atoms with van der Waals surface area (Å²) in [5.74, 6) is 2.02. The Balaban J connectivity index is 1.46. The van der Waals surface area contributed by atoms with Gasteiger partial charge in [-0.2, -0.15) is 5.10 Å². The van der Waals surface area contributed by atoms with Gasteiger partial charge in [-0.1, -0.05) is 42.0 Å². The summed E-state index contributed by atoms with van der Waals surface area (Å²) in [6, 6.07) is 25.6. The second kappa shape index (κ2) is 8.28. The van der Waals surface area contributed by atoms with Crippen molar-refractivity contribution in [1.29, 1.82) is 0 Å². The Labute approximate surface area is 179 Å². The Hall–Kier alpha value is -4.19. The van der Waals surface area contributed by atoms with Crippen molar-refractivity contribution in [2.75, 3.05) is 6.79 Å². The summed E-state index contributed by atoms with van der Waals surface area (Å²) in [5.41, 5.74) is 7.56. The zero-order valence-corrected chi connectivity index (χ0v) is 16.9. The van der Waals surface area contributed by atoms with Gasteiger partial charge in [0, 0.05) is 5.39 Å². The predicted octanol–water partition coefficient (Wildman–Crippen LogP) is 4.97. The van der Waals surface area contributed by atoms with Gasteiger partial charge >= 0.3 is 0 Å². The first kappa shape index (κ1) is 18.8. The average molecular weight is 408 g/mol. The lowest BCUT2D eigenvalue weighted by atomic mass is 10.2. The molecular weight excluding hydrogens is 388 g/mol. The van der Waals surface area contributed by atoms with Crippen LogP contribution in [0, 0.1) is 6.92 Å². The fourth-order valence-electron chi connectivity index (χ4n) is 3.25. The summed E-state index contributed by atoms with van der Waals surface area (Å²) in [7, 11) is 0. The molecule has 0 aliphatic carbocycles. The van der Waals surface area contributed by atoms with Crippen molar-refractivity contribution in [3.8, 4) is 11.5 Å². The molecule has 0 atom stereocenters. The van der Waals surface area contributed by atoms with E-state index in [1.807, 2.05) is 85.8 Å². The van der Waals surface area contributed by atoms with Crippen LogP contribution in [0.15, 0.2) is 89.0 Å². The fraction of sp³-hybridized carbons (Fsp3) is 0.0800. The number of hydrogen-bond acceptors (Lipinski definition) is 5. The van der Waals surface area contributed by atoms with Gasteiger partial charge in [-0.25, -0.2) is 9.98 Å². The number of aromatic nitrogens is 1. The molecule has 2 heterocycles. The lowest BCUT2D eigenvalue weighted by Gasteiger charge is -2.07. The Morgan fingerprint density at radius 1 is 0.935 bits per heavy atom. The van der Waals surface area contributed by atoms with Crippen molar-refractivity contribution in [3.05, 3.63) is 95.7 Å². The first-order valence-corrected chi connectivity index (χ1v) is 9.95. The molecule has 0 saturated heterocycles.